The van der Waals surface area contributed by atoms with Gasteiger partial charge in [-0.15, -0.1) is 6.58 Å². The first-order valence-corrected chi connectivity index (χ1v) is 16.3. The molecule has 0 aliphatic carbocycles. The first-order valence-electron chi connectivity index (χ1n) is 16.3. The molecular formula is C42H63N3. The first-order chi connectivity index (χ1) is 21.5. The van der Waals surface area contributed by atoms with E-state index in [1.165, 1.54) is 51.8 Å². The number of hydrogen-bond acceptors (Lipinski definition) is 3. The average molecular weight is 610 g/mol. The van der Waals surface area contributed by atoms with E-state index in [9.17, 15) is 0 Å². The number of hydrazone groups is 1. The SMILES string of the molecule is C=C(C)CCC.C=C(NCCc1ccc(C)cc1)C(C)=C(C)C.C=NNC(=C)c1ccccc1-c1cccc(C)c1.CC.CC. The van der Waals surface area contributed by atoms with Crippen LogP contribution in [0.15, 0.2) is 120 Å². The van der Waals surface area contributed by atoms with Crippen LogP contribution in [0, 0.1) is 13.8 Å². The molecule has 0 aromatic heterocycles. The van der Waals surface area contributed by atoms with Crippen molar-refractivity contribution in [3.63, 3.8) is 0 Å². The van der Waals surface area contributed by atoms with Crippen LogP contribution >= 0.6 is 0 Å². The van der Waals surface area contributed by atoms with Gasteiger partial charge < -0.3 is 5.32 Å². The van der Waals surface area contributed by atoms with Gasteiger partial charge in [-0.25, -0.2) is 0 Å². The highest BCUT2D eigenvalue weighted by molar-refractivity contribution is 5.80. The van der Waals surface area contributed by atoms with E-state index in [-0.39, 0.29) is 0 Å². The molecule has 0 fully saturated rings. The van der Waals surface area contributed by atoms with Gasteiger partial charge in [-0.1, -0.05) is 149 Å². The molecule has 45 heavy (non-hydrogen) atoms. The maximum absolute atomic E-state index is 4.05. The number of aryl methyl sites for hydroxylation is 2. The normalized spacial score (nSPS) is 9.04. The largest absolute Gasteiger partial charge is 0.385 e. The molecule has 0 saturated carbocycles. The molecule has 246 valence electrons. The number of rotatable bonds is 11. The maximum Gasteiger partial charge on any atom is 0.0568 e. The predicted octanol–water partition coefficient (Wildman–Crippen LogP) is 12.3. The summed E-state index contributed by atoms with van der Waals surface area (Å²) in [5, 5.41) is 7.04. The van der Waals surface area contributed by atoms with Crippen molar-refractivity contribution in [3.05, 3.63) is 137 Å². The number of hydrogen-bond donors (Lipinski definition) is 2. The van der Waals surface area contributed by atoms with Gasteiger partial charge in [0.15, 0.2) is 0 Å². The smallest absolute Gasteiger partial charge is 0.0568 e. The molecule has 0 spiro atoms. The fourth-order valence-electron chi connectivity index (χ4n) is 3.94. The van der Waals surface area contributed by atoms with Crippen molar-refractivity contribution >= 4 is 12.4 Å². The summed E-state index contributed by atoms with van der Waals surface area (Å²) in [4.78, 5) is 0. The van der Waals surface area contributed by atoms with Gasteiger partial charge in [0.05, 0.1) is 5.70 Å². The number of allylic oxidation sites excluding steroid dienone is 3. The van der Waals surface area contributed by atoms with Crippen LogP contribution < -0.4 is 10.7 Å². The van der Waals surface area contributed by atoms with Gasteiger partial charge in [0.2, 0.25) is 0 Å². The third kappa shape index (κ3) is 19.0. The minimum atomic E-state index is 0.752. The van der Waals surface area contributed by atoms with E-state index < -0.39 is 0 Å². The molecule has 0 amide bonds. The lowest BCUT2D eigenvalue weighted by Crippen LogP contribution is -2.17. The van der Waals surface area contributed by atoms with Gasteiger partial charge in [-0.05, 0) is 76.6 Å². The number of benzene rings is 3. The fraction of sp³-hybridized carbons (Fsp3) is 0.357. The lowest BCUT2D eigenvalue weighted by atomic mass is 9.97. The summed E-state index contributed by atoms with van der Waals surface area (Å²) in [6.45, 7) is 38.9. The first kappa shape index (κ1) is 43.0. The molecule has 3 aromatic rings. The Morgan fingerprint density at radius 1 is 0.756 bits per heavy atom. The summed E-state index contributed by atoms with van der Waals surface area (Å²) < 4.78 is 0. The third-order valence-corrected chi connectivity index (χ3v) is 6.55. The molecule has 2 N–H and O–H groups in total. The summed E-state index contributed by atoms with van der Waals surface area (Å²) >= 11 is 0. The lowest BCUT2D eigenvalue weighted by Gasteiger charge is -2.12. The second-order valence-corrected chi connectivity index (χ2v) is 10.6. The third-order valence-electron chi connectivity index (χ3n) is 6.55. The van der Waals surface area contributed by atoms with Crippen LogP contribution in [0.1, 0.15) is 97.4 Å². The van der Waals surface area contributed by atoms with E-state index in [0.29, 0.717) is 0 Å². The Kier molecular flexibility index (Phi) is 25.1. The molecule has 0 radical (unpaired) electrons. The molecule has 3 rings (SSSR count). The maximum atomic E-state index is 4.05. The quantitative estimate of drug-likeness (QED) is 0.0982. The van der Waals surface area contributed by atoms with E-state index in [0.717, 1.165) is 35.5 Å². The van der Waals surface area contributed by atoms with Crippen molar-refractivity contribution in [2.24, 2.45) is 5.10 Å². The summed E-state index contributed by atoms with van der Waals surface area (Å²) in [6, 6.07) is 25.2. The molecule has 0 aliphatic heterocycles. The minimum Gasteiger partial charge on any atom is -0.385 e. The molecule has 0 heterocycles. The molecule has 0 saturated heterocycles. The van der Waals surface area contributed by atoms with Crippen molar-refractivity contribution in [3.8, 4) is 11.1 Å². The van der Waals surface area contributed by atoms with Crippen LogP contribution in [0.3, 0.4) is 0 Å². The Bertz CT molecular complexity index is 1310. The van der Waals surface area contributed by atoms with Crippen molar-refractivity contribution < 1.29 is 0 Å². The summed E-state index contributed by atoms with van der Waals surface area (Å²) in [5.74, 6) is 0. The monoisotopic (exact) mass is 610 g/mol. The Morgan fingerprint density at radius 2 is 1.36 bits per heavy atom. The highest BCUT2D eigenvalue weighted by atomic mass is 15.3. The van der Waals surface area contributed by atoms with E-state index in [4.69, 9.17) is 0 Å². The van der Waals surface area contributed by atoms with E-state index in [2.05, 4.69) is 145 Å². The van der Waals surface area contributed by atoms with E-state index in [1.807, 2.05) is 45.9 Å². The zero-order chi connectivity index (χ0) is 34.8. The Labute approximate surface area is 278 Å². The van der Waals surface area contributed by atoms with Gasteiger partial charge in [-0.2, -0.15) is 5.10 Å². The number of nitrogens with one attached hydrogen (secondary N) is 2. The zero-order valence-electron chi connectivity index (χ0n) is 30.5. The predicted molar refractivity (Wildman–Crippen MR) is 207 cm³/mol. The standard InChI is InChI=1S/C16H16N2.C16H23N.C6H12.2C2H6/c1-12-7-6-8-14(11-12)16-10-5-4-9-15(16)13(2)18-17-3;1-12(2)14(4)15(5)17-11-10-16-8-6-13(3)7-9-16;1-4-5-6(2)3;2*1-2/h4-11,18H,2-3H2,1H3;6-9,17H,5,10-11H2,1-4H3;2,4-5H2,1,3H3;2*1-2H3. The zero-order valence-corrected chi connectivity index (χ0v) is 30.5. The summed E-state index contributed by atoms with van der Waals surface area (Å²) in [7, 11) is 0. The van der Waals surface area contributed by atoms with Gasteiger partial charge in [0, 0.05) is 24.5 Å². The van der Waals surface area contributed by atoms with Gasteiger partial charge in [-0.3, -0.25) is 5.43 Å². The molecule has 0 atom stereocenters. The van der Waals surface area contributed by atoms with Crippen LogP contribution in [0.25, 0.3) is 16.8 Å². The average Bonchev–Trinajstić information content (AvgIpc) is 3.04. The van der Waals surface area contributed by atoms with Gasteiger partial charge in [0.1, 0.15) is 0 Å². The van der Waals surface area contributed by atoms with Crippen LogP contribution in [0.5, 0.6) is 0 Å². The Balaban J connectivity index is 0. The van der Waals surface area contributed by atoms with Crippen molar-refractivity contribution in [2.75, 3.05) is 6.54 Å². The lowest BCUT2D eigenvalue weighted by molar-refractivity contribution is 0.794. The van der Waals surface area contributed by atoms with Crippen LogP contribution in [-0.4, -0.2) is 13.3 Å². The van der Waals surface area contributed by atoms with Crippen molar-refractivity contribution in [1.82, 2.24) is 10.7 Å². The second kappa shape index (κ2) is 26.3. The van der Waals surface area contributed by atoms with E-state index in [1.54, 1.807) is 0 Å². The minimum absolute atomic E-state index is 0.752. The number of nitrogens with zero attached hydrogens (tertiary/aromatic N) is 1. The summed E-state index contributed by atoms with van der Waals surface area (Å²) in [5.41, 5.74) is 15.7. The molecule has 3 heteroatoms. The highest BCUT2D eigenvalue weighted by Crippen LogP contribution is 2.27. The molecule has 0 unspecified atom stereocenters. The van der Waals surface area contributed by atoms with Crippen molar-refractivity contribution in [2.45, 2.75) is 95.4 Å². The van der Waals surface area contributed by atoms with Crippen LogP contribution in [-0.2, 0) is 6.42 Å². The molecule has 0 aliphatic rings. The van der Waals surface area contributed by atoms with Crippen LogP contribution in [0.4, 0.5) is 0 Å². The van der Waals surface area contributed by atoms with Crippen LogP contribution in [0.2, 0.25) is 0 Å². The van der Waals surface area contributed by atoms with E-state index >= 15 is 0 Å². The highest BCUT2D eigenvalue weighted by Gasteiger charge is 2.07. The second-order valence-electron chi connectivity index (χ2n) is 10.6. The van der Waals surface area contributed by atoms with Gasteiger partial charge in [0.25, 0.3) is 0 Å². The topological polar surface area (TPSA) is 36.4 Å². The molecule has 3 aromatic carbocycles. The Hall–Kier alpha value is -4.11. The molecule has 0 bridgehead atoms. The Morgan fingerprint density at radius 3 is 1.84 bits per heavy atom. The fourth-order valence-corrected chi connectivity index (χ4v) is 3.94. The summed E-state index contributed by atoms with van der Waals surface area (Å²) in [6.07, 6.45) is 3.45. The van der Waals surface area contributed by atoms with Crippen molar-refractivity contribution in [1.29, 1.82) is 0 Å². The molecular weight excluding hydrogens is 546 g/mol. The van der Waals surface area contributed by atoms with Gasteiger partial charge >= 0.3 is 0 Å². The molecule has 3 nitrogen and oxygen atoms in total.